The number of hydrogen-bond donors (Lipinski definition) is 1. The second kappa shape index (κ2) is 5.24. The van der Waals surface area contributed by atoms with E-state index in [9.17, 15) is 0 Å². The average Bonchev–Trinajstić information content (AvgIpc) is 2.34. The van der Waals surface area contributed by atoms with Crippen LogP contribution in [0.5, 0.6) is 0 Å². The second-order valence-electron chi connectivity index (χ2n) is 4.25. The summed E-state index contributed by atoms with van der Waals surface area (Å²) >= 11 is 3.50. The van der Waals surface area contributed by atoms with Crippen LogP contribution in [-0.2, 0) is 0 Å². The van der Waals surface area contributed by atoms with Crippen LogP contribution in [0.3, 0.4) is 0 Å². The van der Waals surface area contributed by atoms with Crippen LogP contribution < -0.4 is 5.32 Å². The lowest BCUT2D eigenvalue weighted by molar-refractivity contribution is 1.39. The van der Waals surface area contributed by atoms with E-state index < -0.39 is 0 Å². The smallest absolute Gasteiger partial charge is 0.101 e. The number of halogens is 1. The molecule has 18 heavy (non-hydrogen) atoms. The zero-order chi connectivity index (χ0) is 13.1. The summed E-state index contributed by atoms with van der Waals surface area (Å²) in [6, 6.07) is 14.0. The number of rotatable bonds is 2. The number of anilines is 2. The van der Waals surface area contributed by atoms with Crippen LogP contribution in [0.1, 0.15) is 16.7 Å². The van der Waals surface area contributed by atoms with Crippen molar-refractivity contribution in [2.75, 3.05) is 5.32 Å². The second-order valence-corrected chi connectivity index (χ2v) is 5.10. The first kappa shape index (κ1) is 12.7. The Balaban J connectivity index is 2.36. The maximum atomic E-state index is 9.09. The van der Waals surface area contributed by atoms with E-state index in [0.717, 1.165) is 21.4 Å². The maximum Gasteiger partial charge on any atom is 0.101 e. The highest BCUT2D eigenvalue weighted by atomic mass is 79.9. The molecule has 0 heterocycles. The molecule has 0 spiro atoms. The van der Waals surface area contributed by atoms with Crippen molar-refractivity contribution < 1.29 is 0 Å². The molecule has 0 fully saturated rings. The molecule has 2 aromatic rings. The standard InChI is InChI=1S/C15H13BrN2/c1-10-3-5-12(9-17)15(7-10)18-13-6-4-11(2)14(16)8-13/h3-8,18H,1-2H3. The summed E-state index contributed by atoms with van der Waals surface area (Å²) in [6.45, 7) is 4.05. The summed E-state index contributed by atoms with van der Waals surface area (Å²) in [5.74, 6) is 0. The lowest BCUT2D eigenvalue weighted by atomic mass is 10.1. The lowest BCUT2D eigenvalue weighted by Crippen LogP contribution is -1.94. The molecule has 2 rings (SSSR count). The fourth-order valence-corrected chi connectivity index (χ4v) is 2.06. The Hall–Kier alpha value is -1.79. The van der Waals surface area contributed by atoms with Crippen molar-refractivity contribution in [2.45, 2.75) is 13.8 Å². The quantitative estimate of drug-likeness (QED) is 0.874. The molecule has 0 aliphatic rings. The van der Waals surface area contributed by atoms with Gasteiger partial charge in [-0.25, -0.2) is 0 Å². The van der Waals surface area contributed by atoms with E-state index in [1.165, 1.54) is 5.56 Å². The third-order valence-electron chi connectivity index (χ3n) is 2.75. The largest absolute Gasteiger partial charge is 0.354 e. The first-order chi connectivity index (χ1) is 8.60. The van der Waals surface area contributed by atoms with Crippen LogP contribution in [0.2, 0.25) is 0 Å². The van der Waals surface area contributed by atoms with Gasteiger partial charge < -0.3 is 5.32 Å². The van der Waals surface area contributed by atoms with Gasteiger partial charge in [0.1, 0.15) is 6.07 Å². The molecule has 0 aliphatic heterocycles. The van der Waals surface area contributed by atoms with E-state index in [-0.39, 0.29) is 0 Å². The zero-order valence-electron chi connectivity index (χ0n) is 10.3. The highest BCUT2D eigenvalue weighted by molar-refractivity contribution is 9.10. The monoisotopic (exact) mass is 300 g/mol. The Morgan fingerprint density at radius 3 is 2.56 bits per heavy atom. The number of hydrogen-bond acceptors (Lipinski definition) is 2. The molecule has 0 saturated carbocycles. The van der Waals surface area contributed by atoms with Gasteiger partial charge >= 0.3 is 0 Å². The van der Waals surface area contributed by atoms with Crippen LogP contribution in [0.25, 0.3) is 0 Å². The van der Waals surface area contributed by atoms with Gasteiger partial charge in [0, 0.05) is 10.2 Å². The Morgan fingerprint density at radius 1 is 1.11 bits per heavy atom. The molecule has 0 bridgehead atoms. The molecule has 0 atom stereocenters. The van der Waals surface area contributed by atoms with Crippen LogP contribution in [0, 0.1) is 25.2 Å². The third-order valence-corrected chi connectivity index (χ3v) is 3.60. The predicted molar refractivity (Wildman–Crippen MR) is 78.1 cm³/mol. The van der Waals surface area contributed by atoms with Crippen molar-refractivity contribution in [3.63, 3.8) is 0 Å². The average molecular weight is 301 g/mol. The number of nitrogens with one attached hydrogen (secondary N) is 1. The number of benzene rings is 2. The molecule has 0 unspecified atom stereocenters. The summed E-state index contributed by atoms with van der Waals surface area (Å²) in [6.07, 6.45) is 0. The van der Waals surface area contributed by atoms with Crippen molar-refractivity contribution in [3.8, 4) is 6.07 Å². The molecule has 0 radical (unpaired) electrons. The molecule has 2 nitrogen and oxygen atoms in total. The molecular weight excluding hydrogens is 288 g/mol. The molecule has 3 heteroatoms. The Kier molecular flexibility index (Phi) is 3.69. The van der Waals surface area contributed by atoms with Crippen molar-refractivity contribution in [1.29, 1.82) is 5.26 Å². The molecule has 0 amide bonds. The van der Waals surface area contributed by atoms with E-state index in [2.05, 4.69) is 27.3 Å². The minimum Gasteiger partial charge on any atom is -0.354 e. The van der Waals surface area contributed by atoms with E-state index in [0.29, 0.717) is 5.56 Å². The van der Waals surface area contributed by atoms with Crippen LogP contribution in [0.15, 0.2) is 40.9 Å². The van der Waals surface area contributed by atoms with Crippen molar-refractivity contribution in [3.05, 3.63) is 57.6 Å². The normalized spacial score (nSPS) is 9.89. The van der Waals surface area contributed by atoms with Crippen LogP contribution >= 0.6 is 15.9 Å². The van der Waals surface area contributed by atoms with Crippen molar-refractivity contribution in [1.82, 2.24) is 0 Å². The number of nitrogens with zero attached hydrogens (tertiary/aromatic N) is 1. The zero-order valence-corrected chi connectivity index (χ0v) is 11.9. The Labute approximate surface area is 115 Å². The summed E-state index contributed by atoms with van der Waals surface area (Å²) in [7, 11) is 0. The molecular formula is C15H13BrN2. The minimum absolute atomic E-state index is 0.650. The van der Waals surface area contributed by atoms with Crippen molar-refractivity contribution in [2.24, 2.45) is 0 Å². The van der Waals surface area contributed by atoms with Gasteiger partial charge in [0.15, 0.2) is 0 Å². The van der Waals surface area contributed by atoms with Gasteiger partial charge in [-0.1, -0.05) is 28.1 Å². The summed E-state index contributed by atoms with van der Waals surface area (Å²) in [5.41, 5.74) is 4.77. The fourth-order valence-electron chi connectivity index (χ4n) is 1.69. The molecule has 90 valence electrons. The van der Waals surface area contributed by atoms with Gasteiger partial charge in [0.2, 0.25) is 0 Å². The highest BCUT2D eigenvalue weighted by Gasteiger charge is 2.03. The summed E-state index contributed by atoms with van der Waals surface area (Å²) in [4.78, 5) is 0. The molecule has 2 aromatic carbocycles. The minimum atomic E-state index is 0.650. The van der Waals surface area contributed by atoms with Crippen molar-refractivity contribution >= 4 is 27.3 Å². The summed E-state index contributed by atoms with van der Waals surface area (Å²) < 4.78 is 1.05. The van der Waals surface area contributed by atoms with E-state index >= 15 is 0 Å². The molecule has 0 saturated heterocycles. The van der Waals surface area contributed by atoms with Crippen LogP contribution in [-0.4, -0.2) is 0 Å². The van der Waals surface area contributed by atoms with E-state index in [1.807, 2.05) is 50.2 Å². The number of nitriles is 1. The van der Waals surface area contributed by atoms with Gasteiger partial charge in [0.05, 0.1) is 11.3 Å². The lowest BCUT2D eigenvalue weighted by Gasteiger charge is -2.10. The van der Waals surface area contributed by atoms with Gasteiger partial charge in [-0.2, -0.15) is 5.26 Å². The van der Waals surface area contributed by atoms with Gasteiger partial charge in [-0.15, -0.1) is 0 Å². The topological polar surface area (TPSA) is 35.8 Å². The molecule has 1 N–H and O–H groups in total. The highest BCUT2D eigenvalue weighted by Crippen LogP contribution is 2.25. The third kappa shape index (κ3) is 2.72. The van der Waals surface area contributed by atoms with Gasteiger partial charge in [0.25, 0.3) is 0 Å². The Morgan fingerprint density at radius 2 is 1.89 bits per heavy atom. The summed E-state index contributed by atoms with van der Waals surface area (Å²) in [5, 5.41) is 12.4. The first-order valence-corrected chi connectivity index (χ1v) is 6.43. The number of aryl methyl sites for hydroxylation is 2. The molecule has 0 aromatic heterocycles. The SMILES string of the molecule is Cc1ccc(C#N)c(Nc2ccc(C)c(Br)c2)c1. The maximum absolute atomic E-state index is 9.09. The molecule has 0 aliphatic carbocycles. The fraction of sp³-hybridized carbons (Fsp3) is 0.133. The van der Waals surface area contributed by atoms with E-state index in [1.54, 1.807) is 0 Å². The predicted octanol–water partition coefficient (Wildman–Crippen LogP) is 4.68. The first-order valence-electron chi connectivity index (χ1n) is 5.64. The van der Waals surface area contributed by atoms with Crippen LogP contribution in [0.4, 0.5) is 11.4 Å². The van der Waals surface area contributed by atoms with Gasteiger partial charge in [-0.3, -0.25) is 0 Å². The Bertz CT molecular complexity index is 627. The van der Waals surface area contributed by atoms with E-state index in [4.69, 9.17) is 5.26 Å². The van der Waals surface area contributed by atoms with Gasteiger partial charge in [-0.05, 0) is 49.2 Å².